The minimum Gasteiger partial charge on any atom is -0.484 e. The van der Waals surface area contributed by atoms with Gasteiger partial charge in [-0.3, -0.25) is 9.59 Å². The normalized spacial score (nSPS) is 11.6. The third kappa shape index (κ3) is 6.53. The second-order valence-electron chi connectivity index (χ2n) is 6.36. The number of halogens is 2. The van der Waals surface area contributed by atoms with Gasteiger partial charge in [-0.05, 0) is 55.3 Å². The maximum atomic E-state index is 13.0. The number of rotatable bonds is 9. The lowest BCUT2D eigenvalue weighted by Crippen LogP contribution is -2.49. The van der Waals surface area contributed by atoms with Gasteiger partial charge >= 0.3 is 0 Å². The Hall–Kier alpha value is -2.60. The fourth-order valence-electron chi connectivity index (χ4n) is 2.57. The van der Waals surface area contributed by atoms with Crippen LogP contribution in [0.25, 0.3) is 0 Å². The number of hydrogen-bond acceptors (Lipinski definition) is 3. The van der Waals surface area contributed by atoms with Crippen molar-refractivity contribution in [2.75, 3.05) is 13.2 Å². The second kappa shape index (κ2) is 10.7. The molecule has 5 nitrogen and oxygen atoms in total. The topological polar surface area (TPSA) is 58.6 Å². The molecule has 28 heavy (non-hydrogen) atoms. The molecule has 0 heterocycles. The van der Waals surface area contributed by atoms with E-state index in [-0.39, 0.29) is 30.8 Å². The van der Waals surface area contributed by atoms with Crippen LogP contribution < -0.4 is 10.1 Å². The van der Waals surface area contributed by atoms with E-state index in [4.69, 9.17) is 16.3 Å². The van der Waals surface area contributed by atoms with Crippen LogP contribution in [0.1, 0.15) is 25.8 Å². The number of carbonyl (C=O) groups is 2. The predicted molar refractivity (Wildman–Crippen MR) is 107 cm³/mol. The average Bonchev–Trinajstić information content (AvgIpc) is 2.69. The van der Waals surface area contributed by atoms with Gasteiger partial charge in [0.1, 0.15) is 17.6 Å². The van der Waals surface area contributed by atoms with E-state index < -0.39 is 6.04 Å². The van der Waals surface area contributed by atoms with E-state index in [9.17, 15) is 14.0 Å². The lowest BCUT2D eigenvalue weighted by molar-refractivity contribution is -0.142. The molecule has 1 N–H and O–H groups in total. The number of amides is 2. The van der Waals surface area contributed by atoms with E-state index in [1.54, 1.807) is 25.1 Å². The van der Waals surface area contributed by atoms with Crippen LogP contribution in [0.3, 0.4) is 0 Å². The summed E-state index contributed by atoms with van der Waals surface area (Å²) in [7, 11) is 0. The summed E-state index contributed by atoms with van der Waals surface area (Å²) in [5, 5.41) is 3.35. The first-order valence-electron chi connectivity index (χ1n) is 9.10. The maximum Gasteiger partial charge on any atom is 0.261 e. The molecule has 0 aliphatic rings. The van der Waals surface area contributed by atoms with Crippen molar-refractivity contribution >= 4 is 23.4 Å². The zero-order valence-electron chi connectivity index (χ0n) is 16.0. The fourth-order valence-corrected chi connectivity index (χ4v) is 2.78. The number of nitrogens with zero attached hydrogens (tertiary/aromatic N) is 1. The van der Waals surface area contributed by atoms with Crippen LogP contribution in [0, 0.1) is 5.82 Å². The summed E-state index contributed by atoms with van der Waals surface area (Å²) in [6.45, 7) is 4.11. The van der Waals surface area contributed by atoms with Gasteiger partial charge in [-0.2, -0.15) is 0 Å². The van der Waals surface area contributed by atoms with Gasteiger partial charge in [0.05, 0.1) is 0 Å². The minimum absolute atomic E-state index is 0.215. The zero-order chi connectivity index (χ0) is 20.5. The summed E-state index contributed by atoms with van der Waals surface area (Å²) < 4.78 is 18.5. The molecule has 0 radical (unpaired) electrons. The molecule has 2 amide bonds. The highest BCUT2D eigenvalue weighted by Gasteiger charge is 2.26. The van der Waals surface area contributed by atoms with Gasteiger partial charge in [0.2, 0.25) is 5.91 Å². The molecular weight excluding hydrogens is 383 g/mol. The maximum absolute atomic E-state index is 13.0. The quantitative estimate of drug-likeness (QED) is 0.689. The van der Waals surface area contributed by atoms with Crippen molar-refractivity contribution in [3.05, 3.63) is 64.9 Å². The lowest BCUT2D eigenvalue weighted by atomic mass is 10.1. The van der Waals surface area contributed by atoms with Crippen molar-refractivity contribution in [2.45, 2.75) is 32.9 Å². The van der Waals surface area contributed by atoms with Crippen LogP contribution in [-0.4, -0.2) is 35.9 Å². The summed E-state index contributed by atoms with van der Waals surface area (Å²) in [6.07, 6.45) is 0.800. The van der Waals surface area contributed by atoms with Gasteiger partial charge in [0.25, 0.3) is 5.91 Å². The molecule has 1 unspecified atom stereocenters. The average molecular weight is 407 g/mol. The summed E-state index contributed by atoms with van der Waals surface area (Å²) in [5.74, 6) is -0.606. The highest BCUT2D eigenvalue weighted by Crippen LogP contribution is 2.16. The van der Waals surface area contributed by atoms with Gasteiger partial charge in [-0.15, -0.1) is 0 Å². The van der Waals surface area contributed by atoms with Crippen molar-refractivity contribution in [3.8, 4) is 5.75 Å². The highest BCUT2D eigenvalue weighted by atomic mass is 35.5. The van der Waals surface area contributed by atoms with Crippen LogP contribution in [0.2, 0.25) is 5.02 Å². The molecule has 2 aromatic rings. The highest BCUT2D eigenvalue weighted by molar-refractivity contribution is 6.30. The Kier molecular flexibility index (Phi) is 8.26. The molecule has 0 aliphatic carbocycles. The van der Waals surface area contributed by atoms with Crippen molar-refractivity contribution in [1.82, 2.24) is 10.2 Å². The van der Waals surface area contributed by atoms with Crippen LogP contribution in [0.4, 0.5) is 4.39 Å². The van der Waals surface area contributed by atoms with Crippen molar-refractivity contribution in [1.29, 1.82) is 0 Å². The van der Waals surface area contributed by atoms with Gasteiger partial charge in [0.15, 0.2) is 6.61 Å². The summed E-state index contributed by atoms with van der Waals surface area (Å²) in [5.41, 5.74) is 0.803. The summed E-state index contributed by atoms with van der Waals surface area (Å²) >= 11 is 6.03. The van der Waals surface area contributed by atoms with Gasteiger partial charge in [-0.25, -0.2) is 4.39 Å². The molecule has 0 aromatic heterocycles. The van der Waals surface area contributed by atoms with E-state index in [2.05, 4.69) is 5.32 Å². The second-order valence-corrected chi connectivity index (χ2v) is 6.80. The number of carbonyl (C=O) groups excluding carboxylic acids is 2. The van der Waals surface area contributed by atoms with E-state index in [0.717, 1.165) is 12.0 Å². The molecule has 0 spiro atoms. The van der Waals surface area contributed by atoms with Crippen LogP contribution in [-0.2, 0) is 16.1 Å². The van der Waals surface area contributed by atoms with Crippen LogP contribution in [0.15, 0.2) is 48.5 Å². The fraction of sp³-hybridized carbons (Fsp3) is 0.333. The molecule has 0 bridgehead atoms. The lowest BCUT2D eigenvalue weighted by Gasteiger charge is -2.28. The predicted octanol–water partition coefficient (Wildman–Crippen LogP) is 3.80. The van der Waals surface area contributed by atoms with E-state index >= 15 is 0 Å². The van der Waals surface area contributed by atoms with Gasteiger partial charge in [-0.1, -0.05) is 30.7 Å². The molecule has 150 valence electrons. The van der Waals surface area contributed by atoms with Gasteiger partial charge in [0, 0.05) is 18.1 Å². The van der Waals surface area contributed by atoms with Crippen molar-refractivity contribution < 1.29 is 18.7 Å². The van der Waals surface area contributed by atoms with Crippen molar-refractivity contribution in [3.63, 3.8) is 0 Å². The van der Waals surface area contributed by atoms with Crippen LogP contribution >= 0.6 is 11.6 Å². The first-order chi connectivity index (χ1) is 13.4. The Bertz CT molecular complexity index is 798. The Balaban J connectivity index is 2.12. The Morgan fingerprint density at radius 3 is 2.57 bits per heavy atom. The SMILES string of the molecule is CCCNC(=O)C(C)N(Cc1cccc(Cl)c1)C(=O)COc1ccc(F)cc1. The molecule has 0 saturated heterocycles. The van der Waals surface area contributed by atoms with Crippen LogP contribution in [0.5, 0.6) is 5.75 Å². The standard InChI is InChI=1S/C21H24ClFN2O3/c1-3-11-24-21(27)15(2)25(13-16-5-4-6-17(22)12-16)20(26)14-28-19-9-7-18(23)8-10-19/h4-10,12,15H,3,11,13-14H2,1-2H3,(H,24,27). The summed E-state index contributed by atoms with van der Waals surface area (Å²) in [4.78, 5) is 26.7. The smallest absolute Gasteiger partial charge is 0.261 e. The number of hydrogen-bond donors (Lipinski definition) is 1. The molecule has 7 heteroatoms. The van der Waals surface area contributed by atoms with E-state index in [0.29, 0.717) is 17.3 Å². The largest absolute Gasteiger partial charge is 0.484 e. The number of nitrogens with one attached hydrogen (secondary N) is 1. The summed E-state index contributed by atoms with van der Waals surface area (Å²) in [6, 6.07) is 11.8. The monoisotopic (exact) mass is 406 g/mol. The van der Waals surface area contributed by atoms with Gasteiger partial charge < -0.3 is 15.0 Å². The molecule has 1 atom stereocenters. The molecule has 0 aliphatic heterocycles. The number of benzene rings is 2. The zero-order valence-corrected chi connectivity index (χ0v) is 16.7. The third-order valence-electron chi connectivity index (χ3n) is 4.13. The molecular formula is C21H24ClFN2O3. The first-order valence-corrected chi connectivity index (χ1v) is 9.48. The Morgan fingerprint density at radius 2 is 1.93 bits per heavy atom. The van der Waals surface area contributed by atoms with Crippen molar-refractivity contribution in [2.24, 2.45) is 0 Å². The molecule has 0 fully saturated rings. The molecule has 0 saturated carbocycles. The first kappa shape index (κ1) is 21.7. The Labute approximate surface area is 169 Å². The van der Waals surface area contributed by atoms with E-state index in [1.807, 2.05) is 13.0 Å². The minimum atomic E-state index is -0.685. The molecule has 2 aromatic carbocycles. The molecule has 2 rings (SSSR count). The third-order valence-corrected chi connectivity index (χ3v) is 4.37. The number of ether oxygens (including phenoxy) is 1. The Morgan fingerprint density at radius 1 is 1.21 bits per heavy atom. The van der Waals surface area contributed by atoms with E-state index in [1.165, 1.54) is 29.2 Å².